The molecule has 0 saturated carbocycles. The van der Waals surface area contributed by atoms with Gasteiger partial charge in [0.05, 0.1) is 0 Å². The normalized spacial score (nSPS) is 8.00. The second kappa shape index (κ2) is 5.58. The number of nitrogens with zero attached hydrogens (tertiary/aromatic N) is 1. The molecule has 0 rings (SSSR count). The van der Waals surface area contributed by atoms with Gasteiger partial charge < -0.3 is 4.90 Å². The van der Waals surface area contributed by atoms with Crippen LogP contribution in [-0.4, -0.2) is 25.5 Å². The molecular weight excluding hydrogens is 127 g/mol. The molecule has 0 unspecified atom stereocenters. The molecule has 0 saturated heterocycles. The zero-order valence-electron chi connectivity index (χ0n) is 4.86. The Morgan fingerprint density at radius 1 is 1.33 bits per heavy atom. The van der Waals surface area contributed by atoms with Crippen LogP contribution in [0.25, 0.3) is 0 Å². The minimum Gasteiger partial charge on any atom is -0.310 e. The molecule has 0 aromatic rings. The van der Waals surface area contributed by atoms with Crippen LogP contribution in [-0.2, 0) is 19.5 Å². The van der Waals surface area contributed by atoms with Crippen molar-refractivity contribution < 1.29 is 19.5 Å². The van der Waals surface area contributed by atoms with E-state index in [9.17, 15) is 0 Å². The van der Waals surface area contributed by atoms with E-state index in [1.807, 2.05) is 0 Å². The van der Waals surface area contributed by atoms with Crippen molar-refractivity contribution >= 4 is 0 Å². The second-order valence-corrected chi connectivity index (χ2v) is 1.40. The molecule has 34 valence electrons. The predicted octanol–water partition coefficient (Wildman–Crippen LogP) is 0.565. The van der Waals surface area contributed by atoms with Crippen molar-refractivity contribution in [3.05, 3.63) is 0 Å². The summed E-state index contributed by atoms with van der Waals surface area (Å²) in [6.07, 6.45) is 0. The van der Waals surface area contributed by atoms with E-state index >= 15 is 0 Å². The average Bonchev–Trinajstić information content (AvgIpc) is 1.38. The van der Waals surface area contributed by atoms with Gasteiger partial charge in [-0.05, 0) is 20.6 Å². The molecule has 0 radical (unpaired) electrons. The van der Waals surface area contributed by atoms with E-state index in [2.05, 4.69) is 25.9 Å². The maximum absolute atomic E-state index is 2.12. The summed E-state index contributed by atoms with van der Waals surface area (Å²) in [6, 6.07) is 0. The van der Waals surface area contributed by atoms with Crippen molar-refractivity contribution in [3.8, 4) is 0 Å². The predicted molar refractivity (Wildman–Crippen MR) is 24.2 cm³/mol. The van der Waals surface area contributed by atoms with Crippen LogP contribution in [0.2, 0.25) is 0 Å². The molecule has 0 aromatic carbocycles. The van der Waals surface area contributed by atoms with E-state index in [0.717, 1.165) is 6.54 Å². The minimum absolute atomic E-state index is 0. The SMILES string of the molecule is CCN(C)C.[Zn]. The van der Waals surface area contributed by atoms with Gasteiger partial charge in [-0.25, -0.2) is 0 Å². The van der Waals surface area contributed by atoms with E-state index in [1.54, 1.807) is 0 Å². The minimum atomic E-state index is 0. The standard InChI is InChI=1S/C4H11N.Zn/c1-4-5(2)3;/h4H2,1-3H3;. The Labute approximate surface area is 52.5 Å². The van der Waals surface area contributed by atoms with Crippen LogP contribution in [0.3, 0.4) is 0 Å². The van der Waals surface area contributed by atoms with Crippen LogP contribution < -0.4 is 0 Å². The molecule has 0 atom stereocenters. The van der Waals surface area contributed by atoms with Gasteiger partial charge in [-0.3, -0.25) is 0 Å². The Morgan fingerprint density at radius 2 is 1.50 bits per heavy atom. The van der Waals surface area contributed by atoms with Crippen molar-refractivity contribution in [2.24, 2.45) is 0 Å². The first-order chi connectivity index (χ1) is 2.27. The van der Waals surface area contributed by atoms with E-state index < -0.39 is 0 Å². The summed E-state index contributed by atoms with van der Waals surface area (Å²) in [4.78, 5) is 2.12. The van der Waals surface area contributed by atoms with Gasteiger partial charge in [0.15, 0.2) is 0 Å². The van der Waals surface area contributed by atoms with Crippen LogP contribution in [0.15, 0.2) is 0 Å². The summed E-state index contributed by atoms with van der Waals surface area (Å²) < 4.78 is 0. The fourth-order valence-electron chi connectivity index (χ4n) is 0. The molecule has 1 nitrogen and oxygen atoms in total. The summed E-state index contributed by atoms with van der Waals surface area (Å²) in [5, 5.41) is 0. The van der Waals surface area contributed by atoms with Crippen molar-refractivity contribution in [2.75, 3.05) is 20.6 Å². The zero-order chi connectivity index (χ0) is 4.28. The van der Waals surface area contributed by atoms with E-state index in [0.29, 0.717) is 0 Å². The average molecular weight is 139 g/mol. The molecule has 0 heterocycles. The smallest absolute Gasteiger partial charge is 0 e. The quantitative estimate of drug-likeness (QED) is 0.479. The third kappa shape index (κ3) is 8.82. The van der Waals surface area contributed by atoms with Crippen LogP contribution >= 0.6 is 0 Å². The van der Waals surface area contributed by atoms with Gasteiger partial charge >= 0.3 is 0 Å². The van der Waals surface area contributed by atoms with Crippen molar-refractivity contribution in [2.45, 2.75) is 6.92 Å². The third-order valence-corrected chi connectivity index (χ3v) is 0.632. The van der Waals surface area contributed by atoms with Crippen LogP contribution in [0, 0.1) is 0 Å². The summed E-state index contributed by atoms with van der Waals surface area (Å²) in [5.74, 6) is 0. The van der Waals surface area contributed by atoms with Gasteiger partial charge in [0.2, 0.25) is 0 Å². The van der Waals surface area contributed by atoms with Crippen LogP contribution in [0.4, 0.5) is 0 Å². The molecule has 6 heavy (non-hydrogen) atoms. The fourth-order valence-corrected chi connectivity index (χ4v) is 0. The fraction of sp³-hybridized carbons (Fsp3) is 1.00. The van der Waals surface area contributed by atoms with Gasteiger partial charge in [0.1, 0.15) is 0 Å². The Bertz CT molecular complexity index is 21.5. The van der Waals surface area contributed by atoms with Crippen molar-refractivity contribution in [1.29, 1.82) is 0 Å². The van der Waals surface area contributed by atoms with E-state index in [-0.39, 0.29) is 19.5 Å². The molecule has 2 heteroatoms. The zero-order valence-corrected chi connectivity index (χ0v) is 7.83. The molecule has 0 aliphatic rings. The Kier molecular flexibility index (Phi) is 9.09. The van der Waals surface area contributed by atoms with E-state index in [1.165, 1.54) is 0 Å². The van der Waals surface area contributed by atoms with E-state index in [4.69, 9.17) is 0 Å². The van der Waals surface area contributed by atoms with Crippen LogP contribution in [0.5, 0.6) is 0 Å². The summed E-state index contributed by atoms with van der Waals surface area (Å²) in [7, 11) is 4.11. The van der Waals surface area contributed by atoms with Gasteiger partial charge in [-0.2, -0.15) is 0 Å². The molecule has 0 N–H and O–H groups in total. The Hall–Kier alpha value is 0.583. The maximum atomic E-state index is 2.12. The first-order valence-electron chi connectivity index (χ1n) is 1.92. The summed E-state index contributed by atoms with van der Waals surface area (Å²) in [6.45, 7) is 3.26. The van der Waals surface area contributed by atoms with Gasteiger partial charge in [0.25, 0.3) is 0 Å². The molecule has 0 spiro atoms. The number of hydrogen-bond acceptors (Lipinski definition) is 1. The van der Waals surface area contributed by atoms with Crippen LogP contribution in [0.1, 0.15) is 6.92 Å². The largest absolute Gasteiger partial charge is 0.310 e. The molecule has 0 aliphatic heterocycles. The summed E-state index contributed by atoms with van der Waals surface area (Å²) in [5.41, 5.74) is 0. The number of rotatable bonds is 1. The maximum Gasteiger partial charge on any atom is 0 e. The Morgan fingerprint density at radius 3 is 1.50 bits per heavy atom. The molecule has 0 aliphatic carbocycles. The second-order valence-electron chi connectivity index (χ2n) is 1.40. The third-order valence-electron chi connectivity index (χ3n) is 0.632. The molecule has 0 fully saturated rings. The van der Waals surface area contributed by atoms with Gasteiger partial charge in [0, 0.05) is 19.5 Å². The van der Waals surface area contributed by atoms with Crippen molar-refractivity contribution in [1.82, 2.24) is 4.90 Å². The van der Waals surface area contributed by atoms with Crippen molar-refractivity contribution in [3.63, 3.8) is 0 Å². The first kappa shape index (κ1) is 9.77. The first-order valence-corrected chi connectivity index (χ1v) is 1.92. The summed E-state index contributed by atoms with van der Waals surface area (Å²) >= 11 is 0. The molecule has 0 amide bonds. The van der Waals surface area contributed by atoms with Gasteiger partial charge in [-0.1, -0.05) is 6.92 Å². The monoisotopic (exact) mass is 137 g/mol. The molecule has 0 bridgehead atoms. The molecule has 0 aromatic heterocycles. The molecular formula is C4H11NZn. The number of hydrogen-bond donors (Lipinski definition) is 0. The topological polar surface area (TPSA) is 3.24 Å². The Balaban J connectivity index is 0. The van der Waals surface area contributed by atoms with Gasteiger partial charge in [-0.15, -0.1) is 0 Å².